The molecule has 1 amide bonds. The smallest absolute Gasteiger partial charge is 0.416 e. The van der Waals surface area contributed by atoms with Crippen LogP contribution in [0, 0.1) is 6.92 Å². The van der Waals surface area contributed by atoms with Crippen LogP contribution in [0.2, 0.25) is 0 Å². The van der Waals surface area contributed by atoms with E-state index >= 15 is 0 Å². The van der Waals surface area contributed by atoms with Crippen molar-refractivity contribution < 1.29 is 22.7 Å². The van der Waals surface area contributed by atoms with Crippen molar-refractivity contribution in [3.05, 3.63) is 47.3 Å². The largest absolute Gasteiger partial charge is 0.476 e. The summed E-state index contributed by atoms with van der Waals surface area (Å²) in [6, 6.07) is 6.40. The van der Waals surface area contributed by atoms with Crippen molar-refractivity contribution in [3.63, 3.8) is 0 Å². The molecule has 1 aliphatic heterocycles. The quantitative estimate of drug-likeness (QED) is 0.544. The van der Waals surface area contributed by atoms with Gasteiger partial charge in [-0.3, -0.25) is 4.79 Å². The number of hydrogen-bond acceptors (Lipinski definition) is 6. The monoisotopic (exact) mass is 459 g/mol. The summed E-state index contributed by atoms with van der Waals surface area (Å²) in [5, 5.41) is 3.78. The maximum absolute atomic E-state index is 13.2. The van der Waals surface area contributed by atoms with Crippen LogP contribution in [0.1, 0.15) is 43.8 Å². The molecule has 0 unspecified atom stereocenters. The van der Waals surface area contributed by atoms with Crippen LogP contribution in [-0.2, 0) is 11.0 Å². The van der Waals surface area contributed by atoms with Crippen molar-refractivity contribution in [1.82, 2.24) is 9.97 Å². The number of aryl methyl sites for hydroxylation is 1. The highest BCUT2D eigenvalue weighted by Gasteiger charge is 2.39. The van der Waals surface area contributed by atoms with Gasteiger partial charge in [0.25, 0.3) is 5.91 Å². The lowest BCUT2D eigenvalue weighted by molar-refractivity contribution is -0.137. The van der Waals surface area contributed by atoms with Gasteiger partial charge in [0.1, 0.15) is 17.4 Å². The molecule has 10 heteroatoms. The highest BCUT2D eigenvalue weighted by molar-refractivity contribution is 6.05. The molecule has 0 saturated carbocycles. The minimum Gasteiger partial charge on any atom is -0.476 e. The number of ether oxygens (including phenoxy) is 1. The molecule has 1 aliphatic rings. The van der Waals surface area contributed by atoms with E-state index in [-0.39, 0.29) is 11.6 Å². The van der Waals surface area contributed by atoms with Gasteiger partial charge in [-0.1, -0.05) is 0 Å². The second-order valence-electron chi connectivity index (χ2n) is 8.69. The molecule has 3 N–H and O–H groups in total. The summed E-state index contributed by atoms with van der Waals surface area (Å²) < 4.78 is 45.6. The fourth-order valence-electron chi connectivity index (χ4n) is 3.93. The van der Waals surface area contributed by atoms with E-state index in [4.69, 9.17) is 10.5 Å². The van der Waals surface area contributed by atoms with Crippen LogP contribution < -0.4 is 20.7 Å². The summed E-state index contributed by atoms with van der Waals surface area (Å²) in [5.41, 5.74) is 5.41. The summed E-state index contributed by atoms with van der Waals surface area (Å²) >= 11 is 0. The fraction of sp³-hybridized carbons (Fsp3) is 0.348. The molecule has 2 heterocycles. The number of amides is 1. The SMILES string of the molecule is Cc1nc(N[C@H](C)c2cc(N)cc(C(F)(F)F)c2)c2cc3c(cc2n1)OC(C)(C)C(=O)N3C. The second kappa shape index (κ2) is 7.50. The number of alkyl halides is 3. The normalized spacial score (nSPS) is 16.4. The number of likely N-dealkylation sites (N-methyl/N-ethyl adjacent to an activating group) is 1. The number of nitrogen functional groups attached to an aromatic ring is 1. The maximum atomic E-state index is 13.2. The minimum absolute atomic E-state index is 0.0196. The Bertz CT molecular complexity index is 1270. The number of carbonyl (C=O) groups excluding carboxylic acids is 1. The van der Waals surface area contributed by atoms with Crippen molar-refractivity contribution in [1.29, 1.82) is 0 Å². The molecule has 1 atom stereocenters. The zero-order valence-corrected chi connectivity index (χ0v) is 18.8. The van der Waals surface area contributed by atoms with Crippen LogP contribution in [0.5, 0.6) is 5.75 Å². The maximum Gasteiger partial charge on any atom is 0.416 e. The molecule has 0 spiro atoms. The van der Waals surface area contributed by atoms with Gasteiger partial charge >= 0.3 is 6.18 Å². The number of rotatable bonds is 3. The third-order valence-electron chi connectivity index (χ3n) is 5.59. The topological polar surface area (TPSA) is 93.4 Å². The van der Waals surface area contributed by atoms with Crippen LogP contribution in [0.15, 0.2) is 30.3 Å². The van der Waals surface area contributed by atoms with Crippen LogP contribution in [0.3, 0.4) is 0 Å². The van der Waals surface area contributed by atoms with Crippen molar-refractivity contribution in [2.24, 2.45) is 0 Å². The molecule has 1 aromatic heterocycles. The lowest BCUT2D eigenvalue weighted by Crippen LogP contribution is -2.50. The molecule has 7 nitrogen and oxygen atoms in total. The Balaban J connectivity index is 1.78. The average molecular weight is 459 g/mol. The van der Waals surface area contributed by atoms with E-state index in [1.54, 1.807) is 46.9 Å². The van der Waals surface area contributed by atoms with Gasteiger partial charge in [-0.05, 0) is 57.5 Å². The summed E-state index contributed by atoms with van der Waals surface area (Å²) in [6.07, 6.45) is -4.51. The zero-order valence-electron chi connectivity index (χ0n) is 18.8. The number of carbonyl (C=O) groups is 1. The first kappa shape index (κ1) is 22.6. The Morgan fingerprint density at radius 1 is 1.15 bits per heavy atom. The van der Waals surface area contributed by atoms with Crippen molar-refractivity contribution in [2.45, 2.75) is 45.5 Å². The molecule has 2 aromatic carbocycles. The van der Waals surface area contributed by atoms with Gasteiger partial charge in [0.2, 0.25) is 0 Å². The molecule has 0 aliphatic carbocycles. The standard InChI is InChI=1S/C23H24F3N5O2/c1-11(13-6-14(23(24,25)26)8-15(27)7-13)28-20-16-9-18-19(10-17(16)29-12(2)30-20)33-22(3,4)21(32)31(18)5/h6-11H,27H2,1-5H3,(H,28,29,30)/t11-/m1/s1. The van der Waals surface area contributed by atoms with Gasteiger partial charge in [0.05, 0.1) is 22.8 Å². The molecule has 0 radical (unpaired) electrons. The van der Waals surface area contributed by atoms with Gasteiger partial charge in [-0.15, -0.1) is 0 Å². The third-order valence-corrected chi connectivity index (χ3v) is 5.59. The molecular formula is C23H24F3N5O2. The van der Waals surface area contributed by atoms with E-state index in [0.717, 1.165) is 12.1 Å². The highest BCUT2D eigenvalue weighted by atomic mass is 19.4. The van der Waals surface area contributed by atoms with Crippen molar-refractivity contribution >= 4 is 34.0 Å². The summed E-state index contributed by atoms with van der Waals surface area (Å²) in [4.78, 5) is 23.1. The molecule has 0 saturated heterocycles. The number of nitrogens with zero attached hydrogens (tertiary/aromatic N) is 3. The molecule has 4 rings (SSSR count). The van der Waals surface area contributed by atoms with Crippen LogP contribution in [-0.4, -0.2) is 28.5 Å². The van der Waals surface area contributed by atoms with Gasteiger partial charge in [0, 0.05) is 24.2 Å². The van der Waals surface area contributed by atoms with E-state index in [1.165, 1.54) is 11.0 Å². The number of hydrogen-bond donors (Lipinski definition) is 2. The van der Waals surface area contributed by atoms with Crippen LogP contribution >= 0.6 is 0 Å². The van der Waals surface area contributed by atoms with E-state index < -0.39 is 23.4 Å². The lowest BCUT2D eigenvalue weighted by Gasteiger charge is -2.37. The number of benzene rings is 2. The van der Waals surface area contributed by atoms with Crippen LogP contribution in [0.25, 0.3) is 10.9 Å². The Hall–Kier alpha value is -3.56. The minimum atomic E-state index is -4.51. The average Bonchev–Trinajstić information content (AvgIpc) is 2.69. The fourth-order valence-corrected chi connectivity index (χ4v) is 3.93. The number of nitrogens with one attached hydrogen (secondary N) is 1. The number of nitrogens with two attached hydrogens (primary N) is 1. The molecule has 33 heavy (non-hydrogen) atoms. The Kier molecular flexibility index (Phi) is 5.14. The first-order valence-electron chi connectivity index (χ1n) is 10.3. The molecule has 0 bridgehead atoms. The van der Waals surface area contributed by atoms with Crippen molar-refractivity contribution in [3.8, 4) is 5.75 Å². The van der Waals surface area contributed by atoms with Crippen molar-refractivity contribution in [2.75, 3.05) is 23.0 Å². The summed E-state index contributed by atoms with van der Waals surface area (Å²) in [6.45, 7) is 6.83. The molecule has 174 valence electrons. The van der Waals surface area contributed by atoms with Crippen LogP contribution in [0.4, 0.5) is 30.4 Å². The second-order valence-corrected chi connectivity index (χ2v) is 8.69. The molecular weight excluding hydrogens is 435 g/mol. The summed E-state index contributed by atoms with van der Waals surface area (Å²) in [7, 11) is 1.66. The number of fused-ring (bicyclic) bond motifs is 2. The Morgan fingerprint density at radius 2 is 1.85 bits per heavy atom. The Labute approximate surface area is 188 Å². The van der Waals surface area contributed by atoms with E-state index in [2.05, 4.69) is 15.3 Å². The van der Waals surface area contributed by atoms with E-state index in [9.17, 15) is 18.0 Å². The number of anilines is 3. The highest BCUT2D eigenvalue weighted by Crippen LogP contribution is 2.41. The zero-order chi connectivity index (χ0) is 24.3. The van der Waals surface area contributed by atoms with Gasteiger partial charge in [0.15, 0.2) is 5.60 Å². The van der Waals surface area contributed by atoms with E-state index in [0.29, 0.717) is 39.5 Å². The Morgan fingerprint density at radius 3 is 2.52 bits per heavy atom. The van der Waals surface area contributed by atoms with Gasteiger partial charge < -0.3 is 20.7 Å². The molecule has 3 aromatic rings. The third kappa shape index (κ3) is 4.12. The molecule has 0 fully saturated rings. The first-order chi connectivity index (χ1) is 15.3. The van der Waals surface area contributed by atoms with E-state index in [1.807, 2.05) is 0 Å². The number of aromatic nitrogens is 2. The van der Waals surface area contributed by atoms with Gasteiger partial charge in [-0.25, -0.2) is 9.97 Å². The number of halogens is 3. The predicted octanol–water partition coefficient (Wildman–Crippen LogP) is 4.85. The van der Waals surface area contributed by atoms with Gasteiger partial charge in [-0.2, -0.15) is 13.2 Å². The first-order valence-corrected chi connectivity index (χ1v) is 10.3. The predicted molar refractivity (Wildman–Crippen MR) is 120 cm³/mol. The lowest BCUT2D eigenvalue weighted by atomic mass is 10.0. The summed E-state index contributed by atoms with van der Waals surface area (Å²) in [5.74, 6) is 1.21.